The Morgan fingerprint density at radius 2 is 1.88 bits per heavy atom. The zero-order valence-electron chi connectivity index (χ0n) is 14.4. The van der Waals surface area contributed by atoms with Gasteiger partial charge in [-0.1, -0.05) is 30.7 Å². The van der Waals surface area contributed by atoms with Crippen LogP contribution in [0.2, 0.25) is 0 Å². The first-order valence-electron chi connectivity index (χ1n) is 8.27. The van der Waals surface area contributed by atoms with Crippen molar-refractivity contribution in [1.29, 1.82) is 0 Å². The van der Waals surface area contributed by atoms with Crippen LogP contribution in [0.25, 0.3) is 0 Å². The van der Waals surface area contributed by atoms with E-state index in [1.165, 1.54) is 6.20 Å². The second kappa shape index (κ2) is 9.30. The molecule has 2 aromatic rings. The second-order valence-electron chi connectivity index (χ2n) is 5.69. The zero-order valence-corrected chi connectivity index (χ0v) is 14.4. The van der Waals surface area contributed by atoms with E-state index in [0.717, 1.165) is 23.1 Å². The average Bonchev–Trinajstić information content (AvgIpc) is 3.09. The van der Waals surface area contributed by atoms with Gasteiger partial charge in [-0.05, 0) is 24.1 Å². The highest BCUT2D eigenvalue weighted by Gasteiger charge is 2.10. The van der Waals surface area contributed by atoms with Crippen molar-refractivity contribution < 1.29 is 19.5 Å². The molecule has 0 saturated heterocycles. The fourth-order valence-electron chi connectivity index (χ4n) is 2.13. The van der Waals surface area contributed by atoms with Crippen LogP contribution in [0.1, 0.15) is 46.2 Å². The largest absolute Gasteiger partial charge is 0.476 e. The molecule has 0 aliphatic rings. The topological polar surface area (TPSA) is 126 Å². The number of benzene rings is 1. The third kappa shape index (κ3) is 5.69. The first-order valence-corrected chi connectivity index (χ1v) is 8.27. The third-order valence-electron chi connectivity index (χ3n) is 3.59. The first-order chi connectivity index (χ1) is 12.5. The van der Waals surface area contributed by atoms with Crippen LogP contribution < -0.4 is 10.6 Å². The lowest BCUT2D eigenvalue weighted by Crippen LogP contribution is -2.27. The molecule has 0 aliphatic carbocycles. The van der Waals surface area contributed by atoms with Crippen LogP contribution >= 0.6 is 0 Å². The molecule has 9 nitrogen and oxygen atoms in total. The maximum absolute atomic E-state index is 11.9. The van der Waals surface area contributed by atoms with Gasteiger partial charge in [-0.3, -0.25) is 9.59 Å². The van der Waals surface area contributed by atoms with Gasteiger partial charge in [0.15, 0.2) is 5.69 Å². The van der Waals surface area contributed by atoms with Crippen molar-refractivity contribution in [2.45, 2.75) is 32.9 Å². The number of unbranched alkanes of at least 4 members (excludes halogenated alkanes) is 1. The average molecular weight is 359 g/mol. The van der Waals surface area contributed by atoms with Gasteiger partial charge in [-0.15, -0.1) is 5.10 Å². The highest BCUT2D eigenvalue weighted by molar-refractivity contribution is 5.94. The Labute approximate surface area is 150 Å². The van der Waals surface area contributed by atoms with Crippen molar-refractivity contribution in [3.8, 4) is 0 Å². The van der Waals surface area contributed by atoms with Gasteiger partial charge in [-0.25, -0.2) is 9.48 Å². The van der Waals surface area contributed by atoms with E-state index in [-0.39, 0.29) is 30.6 Å². The minimum atomic E-state index is -1.20. The summed E-state index contributed by atoms with van der Waals surface area (Å²) >= 11 is 0. The number of aromatic carboxylic acids is 1. The number of amides is 2. The molecule has 2 rings (SSSR count). The van der Waals surface area contributed by atoms with Crippen LogP contribution in [-0.2, 0) is 17.9 Å². The lowest BCUT2D eigenvalue weighted by molar-refractivity contribution is -0.122. The van der Waals surface area contributed by atoms with Gasteiger partial charge < -0.3 is 15.7 Å². The van der Waals surface area contributed by atoms with Gasteiger partial charge in [-0.2, -0.15) is 0 Å². The van der Waals surface area contributed by atoms with Crippen molar-refractivity contribution in [2.24, 2.45) is 0 Å². The molecule has 1 heterocycles. The normalized spacial score (nSPS) is 10.3. The Balaban J connectivity index is 1.80. The lowest BCUT2D eigenvalue weighted by Gasteiger charge is -2.07. The van der Waals surface area contributed by atoms with Crippen LogP contribution in [0, 0.1) is 0 Å². The van der Waals surface area contributed by atoms with Crippen LogP contribution in [0.3, 0.4) is 0 Å². The van der Waals surface area contributed by atoms with Gasteiger partial charge in [0.2, 0.25) is 5.91 Å². The molecule has 138 valence electrons. The molecule has 9 heteroatoms. The summed E-state index contributed by atoms with van der Waals surface area (Å²) in [5.74, 6) is -1.64. The molecule has 3 N–H and O–H groups in total. The second-order valence-corrected chi connectivity index (χ2v) is 5.69. The Kier molecular flexibility index (Phi) is 6.84. The van der Waals surface area contributed by atoms with E-state index in [4.69, 9.17) is 5.11 Å². The Morgan fingerprint density at radius 3 is 2.50 bits per heavy atom. The van der Waals surface area contributed by atoms with E-state index in [2.05, 4.69) is 27.9 Å². The summed E-state index contributed by atoms with van der Waals surface area (Å²) in [5.41, 5.74) is 1.19. The van der Waals surface area contributed by atoms with E-state index < -0.39 is 5.97 Å². The van der Waals surface area contributed by atoms with E-state index in [1.807, 2.05) is 0 Å². The molecular weight excluding hydrogens is 338 g/mol. The number of rotatable bonds is 9. The number of nitrogens with one attached hydrogen (secondary N) is 2. The van der Waals surface area contributed by atoms with Crippen LogP contribution in [-0.4, -0.2) is 44.4 Å². The molecule has 0 saturated carbocycles. The molecular formula is C17H21N5O4. The molecule has 0 bridgehead atoms. The SMILES string of the molecule is CCCCNC(=O)c1ccc(CNC(=O)Cn2cc(C(=O)O)nn2)cc1. The summed E-state index contributed by atoms with van der Waals surface area (Å²) in [6.45, 7) is 2.87. The predicted octanol–water partition coefficient (Wildman–Crippen LogP) is 0.823. The Hall–Kier alpha value is -3.23. The van der Waals surface area contributed by atoms with Crippen LogP contribution in [0.4, 0.5) is 0 Å². The first kappa shape index (κ1) is 19.1. The summed E-state index contributed by atoms with van der Waals surface area (Å²) in [5, 5.41) is 21.3. The Bertz CT molecular complexity index is 770. The molecule has 1 aromatic heterocycles. The molecule has 0 atom stereocenters. The molecule has 2 amide bonds. The van der Waals surface area contributed by atoms with E-state index in [1.54, 1.807) is 24.3 Å². The summed E-state index contributed by atoms with van der Waals surface area (Å²) in [7, 11) is 0. The molecule has 0 unspecified atom stereocenters. The smallest absolute Gasteiger partial charge is 0.358 e. The van der Waals surface area contributed by atoms with Crippen molar-refractivity contribution in [1.82, 2.24) is 25.6 Å². The van der Waals surface area contributed by atoms with E-state index in [0.29, 0.717) is 12.1 Å². The number of carbonyl (C=O) groups excluding carboxylic acids is 2. The van der Waals surface area contributed by atoms with Crippen molar-refractivity contribution in [3.63, 3.8) is 0 Å². The van der Waals surface area contributed by atoms with Crippen molar-refractivity contribution >= 4 is 17.8 Å². The van der Waals surface area contributed by atoms with Gasteiger partial charge in [0, 0.05) is 18.7 Å². The molecule has 0 spiro atoms. The minimum absolute atomic E-state index is 0.116. The van der Waals surface area contributed by atoms with E-state index in [9.17, 15) is 14.4 Å². The van der Waals surface area contributed by atoms with Crippen LogP contribution in [0.15, 0.2) is 30.5 Å². The summed E-state index contributed by atoms with van der Waals surface area (Å²) in [6.07, 6.45) is 3.15. The van der Waals surface area contributed by atoms with Crippen molar-refractivity contribution in [3.05, 3.63) is 47.3 Å². The number of carboxylic acid groups (broad SMARTS) is 1. The van der Waals surface area contributed by atoms with Gasteiger partial charge >= 0.3 is 5.97 Å². The highest BCUT2D eigenvalue weighted by Crippen LogP contribution is 2.04. The number of hydrogen-bond acceptors (Lipinski definition) is 5. The monoisotopic (exact) mass is 359 g/mol. The third-order valence-corrected chi connectivity index (χ3v) is 3.59. The Morgan fingerprint density at radius 1 is 1.15 bits per heavy atom. The van der Waals surface area contributed by atoms with Gasteiger partial charge in [0.05, 0.1) is 6.20 Å². The van der Waals surface area contributed by atoms with Gasteiger partial charge in [0.25, 0.3) is 5.91 Å². The molecule has 0 radical (unpaired) electrons. The molecule has 26 heavy (non-hydrogen) atoms. The standard InChI is InChI=1S/C17H21N5O4/c1-2-3-8-18-16(24)13-6-4-12(5-7-13)9-19-15(23)11-22-10-14(17(25)26)20-21-22/h4-7,10H,2-3,8-9,11H2,1H3,(H,18,24)(H,19,23)(H,25,26). The molecule has 1 aromatic carbocycles. The molecule has 0 fully saturated rings. The summed E-state index contributed by atoms with van der Waals surface area (Å²) in [4.78, 5) is 34.5. The fourth-order valence-corrected chi connectivity index (χ4v) is 2.13. The number of hydrogen-bond donors (Lipinski definition) is 3. The minimum Gasteiger partial charge on any atom is -0.476 e. The highest BCUT2D eigenvalue weighted by atomic mass is 16.4. The zero-order chi connectivity index (χ0) is 18.9. The lowest BCUT2D eigenvalue weighted by atomic mass is 10.1. The number of aromatic nitrogens is 3. The quantitative estimate of drug-likeness (QED) is 0.569. The summed E-state index contributed by atoms with van der Waals surface area (Å²) < 4.78 is 1.16. The maximum atomic E-state index is 11.9. The number of carbonyl (C=O) groups is 3. The maximum Gasteiger partial charge on any atom is 0.358 e. The fraction of sp³-hybridized carbons (Fsp3) is 0.353. The molecule has 0 aliphatic heterocycles. The number of nitrogens with zero attached hydrogens (tertiary/aromatic N) is 3. The predicted molar refractivity (Wildman–Crippen MR) is 92.5 cm³/mol. The summed E-state index contributed by atoms with van der Waals surface area (Å²) in [6, 6.07) is 6.96. The van der Waals surface area contributed by atoms with E-state index >= 15 is 0 Å². The number of carboxylic acids is 1. The van der Waals surface area contributed by atoms with Gasteiger partial charge in [0.1, 0.15) is 6.54 Å². The van der Waals surface area contributed by atoms with Crippen LogP contribution in [0.5, 0.6) is 0 Å². The van der Waals surface area contributed by atoms with Crippen molar-refractivity contribution in [2.75, 3.05) is 6.54 Å².